The van der Waals surface area contributed by atoms with Crippen LogP contribution in [0.25, 0.3) is 0 Å². The zero-order chi connectivity index (χ0) is 23.5. The highest BCUT2D eigenvalue weighted by Crippen LogP contribution is 2.27. The summed E-state index contributed by atoms with van der Waals surface area (Å²) in [6.07, 6.45) is 9.79. The van der Waals surface area contributed by atoms with Gasteiger partial charge in [0.2, 0.25) is 0 Å². The van der Waals surface area contributed by atoms with Crippen molar-refractivity contribution in [2.24, 2.45) is 5.92 Å². The van der Waals surface area contributed by atoms with Gasteiger partial charge in [0.05, 0.1) is 11.9 Å². The highest BCUT2D eigenvalue weighted by molar-refractivity contribution is 5.58. The summed E-state index contributed by atoms with van der Waals surface area (Å²) in [7, 11) is 1.83. The molecule has 0 spiro atoms. The van der Waals surface area contributed by atoms with Crippen LogP contribution >= 0.6 is 0 Å². The van der Waals surface area contributed by atoms with E-state index in [1.165, 1.54) is 24.0 Å². The lowest BCUT2D eigenvalue weighted by Gasteiger charge is -2.33. The van der Waals surface area contributed by atoms with E-state index in [2.05, 4.69) is 72.2 Å². The van der Waals surface area contributed by atoms with Gasteiger partial charge in [0.25, 0.3) is 0 Å². The molecule has 0 unspecified atom stereocenters. The van der Waals surface area contributed by atoms with Gasteiger partial charge in [-0.25, -0.2) is 4.98 Å². The van der Waals surface area contributed by atoms with Crippen molar-refractivity contribution < 1.29 is 5.11 Å². The maximum Gasteiger partial charge on any atom is 0.171 e. The second kappa shape index (κ2) is 13.5. The van der Waals surface area contributed by atoms with Gasteiger partial charge >= 0.3 is 0 Å². The highest BCUT2D eigenvalue weighted by atomic mass is 16.3. The van der Waals surface area contributed by atoms with Crippen molar-refractivity contribution >= 4 is 11.5 Å². The maximum absolute atomic E-state index is 10.5. The first-order valence-electron chi connectivity index (χ1n) is 12.2. The first-order chi connectivity index (χ1) is 15.3. The summed E-state index contributed by atoms with van der Waals surface area (Å²) in [5.41, 5.74) is 3.69. The van der Waals surface area contributed by atoms with Gasteiger partial charge in [-0.1, -0.05) is 44.1 Å². The molecule has 6 nitrogen and oxygen atoms in total. The van der Waals surface area contributed by atoms with Crippen molar-refractivity contribution in [1.29, 1.82) is 0 Å². The van der Waals surface area contributed by atoms with Gasteiger partial charge in [-0.15, -0.1) is 0 Å². The lowest BCUT2D eigenvalue weighted by atomic mass is 10.0. The van der Waals surface area contributed by atoms with E-state index in [1.54, 1.807) is 12.3 Å². The molecule has 0 aromatic carbocycles. The zero-order valence-corrected chi connectivity index (χ0v) is 21.1. The normalized spacial score (nSPS) is 16.6. The summed E-state index contributed by atoms with van der Waals surface area (Å²) in [4.78, 5) is 9.27. The Balaban J connectivity index is 1.81. The monoisotopic (exact) mass is 443 g/mol. The van der Waals surface area contributed by atoms with Gasteiger partial charge in [0.15, 0.2) is 11.6 Å². The Morgan fingerprint density at radius 3 is 2.53 bits per heavy atom. The van der Waals surface area contributed by atoms with Crippen LogP contribution in [0.1, 0.15) is 53.9 Å². The van der Waals surface area contributed by atoms with E-state index in [9.17, 15) is 5.11 Å². The quantitative estimate of drug-likeness (QED) is 0.409. The second-order valence-corrected chi connectivity index (χ2v) is 9.54. The number of aromatic hydroxyl groups is 1. The molecule has 1 aliphatic rings. The van der Waals surface area contributed by atoms with E-state index < -0.39 is 0 Å². The molecular formula is C26H45N5O. The molecule has 0 atom stereocenters. The third-order valence-corrected chi connectivity index (χ3v) is 6.11. The topological polar surface area (TPSA) is 63.7 Å². The van der Waals surface area contributed by atoms with E-state index in [-0.39, 0.29) is 5.75 Å². The molecular weight excluding hydrogens is 398 g/mol. The fraction of sp³-hybridized carbons (Fsp3) is 0.654. The molecule has 1 fully saturated rings. The largest absolute Gasteiger partial charge is 0.504 e. The Morgan fingerprint density at radius 1 is 1.25 bits per heavy atom. The van der Waals surface area contributed by atoms with Crippen LogP contribution in [0.3, 0.4) is 0 Å². The summed E-state index contributed by atoms with van der Waals surface area (Å²) >= 11 is 0. The number of rotatable bonds is 12. The van der Waals surface area contributed by atoms with Crippen LogP contribution in [0, 0.1) is 5.92 Å². The molecule has 1 saturated heterocycles. The number of aromatic nitrogens is 1. The molecule has 1 aromatic rings. The fourth-order valence-corrected chi connectivity index (χ4v) is 4.06. The molecule has 0 radical (unpaired) electrons. The van der Waals surface area contributed by atoms with Gasteiger partial charge in [0, 0.05) is 45.3 Å². The predicted octanol–water partition coefficient (Wildman–Crippen LogP) is 4.65. The molecule has 0 bridgehead atoms. The smallest absolute Gasteiger partial charge is 0.171 e. The van der Waals surface area contributed by atoms with Crippen LogP contribution in [-0.4, -0.2) is 67.3 Å². The third-order valence-electron chi connectivity index (χ3n) is 6.11. The minimum atomic E-state index is 0.234. The third kappa shape index (κ3) is 8.83. The maximum atomic E-state index is 10.5. The van der Waals surface area contributed by atoms with E-state index in [4.69, 9.17) is 0 Å². The molecule has 3 N–H and O–H groups in total. The molecule has 2 rings (SSSR count). The standard InChI is InChI=1S/C26H45N5O/c1-7-21(4)8-9-22(5)19-30-13-10-23(11-14-30)28-12-15-31(18-20(2)3)26-25(32)16-24(27-6)17-29-26/h8-9,16-17,20,23,27-28,32H,7,10-15,18-19H2,1-6H3/b21-8-,22-9+. The first kappa shape index (κ1) is 26.2. The number of nitrogens with zero attached hydrogens (tertiary/aromatic N) is 3. The number of likely N-dealkylation sites (tertiary alicyclic amines) is 1. The summed E-state index contributed by atoms with van der Waals surface area (Å²) in [5.74, 6) is 1.40. The van der Waals surface area contributed by atoms with Crippen molar-refractivity contribution in [3.8, 4) is 5.75 Å². The van der Waals surface area contributed by atoms with Gasteiger partial charge in [-0.05, 0) is 52.1 Å². The highest BCUT2D eigenvalue weighted by Gasteiger charge is 2.20. The fourth-order valence-electron chi connectivity index (χ4n) is 4.06. The lowest BCUT2D eigenvalue weighted by Crippen LogP contribution is -2.45. The van der Waals surface area contributed by atoms with E-state index >= 15 is 0 Å². The van der Waals surface area contributed by atoms with Crippen molar-refractivity contribution in [3.05, 3.63) is 35.6 Å². The van der Waals surface area contributed by atoms with Crippen LogP contribution in [0.2, 0.25) is 0 Å². The number of nitrogens with one attached hydrogen (secondary N) is 2. The van der Waals surface area contributed by atoms with Crippen LogP contribution < -0.4 is 15.5 Å². The number of pyridine rings is 1. The minimum Gasteiger partial charge on any atom is -0.504 e. The molecule has 1 aliphatic heterocycles. The SMILES string of the molecule is CC/C(C)=C\C=C(/C)CN1CCC(NCCN(CC(C)C)c2ncc(NC)cc2O)CC1. The van der Waals surface area contributed by atoms with Crippen molar-refractivity contribution in [2.75, 3.05) is 56.5 Å². The zero-order valence-electron chi connectivity index (χ0n) is 21.1. The Bertz CT molecular complexity index is 751. The molecule has 1 aromatic heterocycles. The van der Waals surface area contributed by atoms with Crippen molar-refractivity contribution in [2.45, 2.75) is 59.9 Å². The van der Waals surface area contributed by atoms with Crippen LogP contribution in [0.15, 0.2) is 35.6 Å². The lowest BCUT2D eigenvalue weighted by molar-refractivity contribution is 0.212. The average Bonchev–Trinajstić information content (AvgIpc) is 2.77. The number of hydrogen-bond donors (Lipinski definition) is 3. The predicted molar refractivity (Wildman–Crippen MR) is 138 cm³/mol. The molecule has 0 amide bonds. The van der Waals surface area contributed by atoms with Gasteiger partial charge in [-0.3, -0.25) is 4.90 Å². The van der Waals surface area contributed by atoms with Gasteiger partial charge in [-0.2, -0.15) is 0 Å². The van der Waals surface area contributed by atoms with E-state index in [1.807, 2.05) is 7.05 Å². The Labute approximate surface area is 195 Å². The molecule has 32 heavy (non-hydrogen) atoms. The van der Waals surface area contributed by atoms with Crippen molar-refractivity contribution in [3.63, 3.8) is 0 Å². The van der Waals surface area contributed by atoms with Gasteiger partial charge < -0.3 is 20.6 Å². The summed E-state index contributed by atoms with van der Waals surface area (Å²) in [6, 6.07) is 2.31. The Kier molecular flexibility index (Phi) is 11.0. The summed E-state index contributed by atoms with van der Waals surface area (Å²) in [5, 5.41) is 17.2. The van der Waals surface area contributed by atoms with Crippen LogP contribution in [-0.2, 0) is 0 Å². The number of hydrogen-bond acceptors (Lipinski definition) is 6. The number of allylic oxidation sites excluding steroid dienone is 3. The van der Waals surface area contributed by atoms with Crippen LogP contribution in [0.5, 0.6) is 5.75 Å². The summed E-state index contributed by atoms with van der Waals surface area (Å²) in [6.45, 7) is 17.0. The first-order valence-corrected chi connectivity index (χ1v) is 12.2. The minimum absolute atomic E-state index is 0.234. The Morgan fingerprint density at radius 2 is 1.94 bits per heavy atom. The molecule has 180 valence electrons. The molecule has 2 heterocycles. The molecule has 0 aliphatic carbocycles. The van der Waals surface area contributed by atoms with E-state index in [0.717, 1.165) is 51.4 Å². The van der Waals surface area contributed by atoms with Crippen LogP contribution in [0.4, 0.5) is 11.5 Å². The number of piperidine rings is 1. The summed E-state index contributed by atoms with van der Waals surface area (Å²) < 4.78 is 0. The van der Waals surface area contributed by atoms with Crippen molar-refractivity contribution in [1.82, 2.24) is 15.2 Å². The van der Waals surface area contributed by atoms with E-state index in [0.29, 0.717) is 17.8 Å². The molecule has 0 saturated carbocycles. The molecule has 6 heteroatoms. The second-order valence-electron chi connectivity index (χ2n) is 9.54. The average molecular weight is 444 g/mol. The number of anilines is 2. The van der Waals surface area contributed by atoms with Gasteiger partial charge in [0.1, 0.15) is 0 Å². The Hall–Kier alpha value is -2.05.